The van der Waals surface area contributed by atoms with Crippen LogP contribution in [0.4, 0.5) is 0 Å². The van der Waals surface area contributed by atoms with Gasteiger partial charge in [0, 0.05) is 0 Å². The van der Waals surface area contributed by atoms with E-state index in [0.717, 1.165) is 5.92 Å². The molecular formula is C10H18. The second-order valence-corrected chi connectivity index (χ2v) is 4.10. The summed E-state index contributed by atoms with van der Waals surface area (Å²) in [6, 6.07) is 0. The van der Waals surface area contributed by atoms with Crippen LogP contribution in [0.3, 0.4) is 0 Å². The van der Waals surface area contributed by atoms with Gasteiger partial charge in [-0.15, -0.1) is 0 Å². The van der Waals surface area contributed by atoms with Crippen LogP contribution in [-0.4, -0.2) is 0 Å². The van der Waals surface area contributed by atoms with E-state index in [4.69, 9.17) is 0 Å². The molecule has 2 rings (SSSR count). The highest BCUT2D eigenvalue weighted by molar-refractivity contribution is 4.88. The third kappa shape index (κ3) is 0.889. The molecule has 0 amide bonds. The van der Waals surface area contributed by atoms with Crippen LogP contribution < -0.4 is 0 Å². The third-order valence-electron chi connectivity index (χ3n) is 3.76. The second kappa shape index (κ2) is 2.56. The van der Waals surface area contributed by atoms with E-state index in [-0.39, 0.29) is 0 Å². The molecular weight excluding hydrogens is 120 g/mol. The fraction of sp³-hybridized carbons (Fsp3) is 1.00. The predicted molar refractivity (Wildman–Crippen MR) is 43.8 cm³/mol. The Morgan fingerprint density at radius 3 is 2.50 bits per heavy atom. The topological polar surface area (TPSA) is 0 Å². The van der Waals surface area contributed by atoms with Gasteiger partial charge in [-0.1, -0.05) is 32.6 Å². The summed E-state index contributed by atoms with van der Waals surface area (Å²) in [5.41, 5.74) is 0. The van der Waals surface area contributed by atoms with Crippen molar-refractivity contribution in [2.75, 3.05) is 0 Å². The molecule has 0 heterocycles. The van der Waals surface area contributed by atoms with Crippen LogP contribution >= 0.6 is 0 Å². The van der Waals surface area contributed by atoms with Crippen molar-refractivity contribution >= 4 is 0 Å². The first-order valence-electron chi connectivity index (χ1n) is 4.92. The van der Waals surface area contributed by atoms with E-state index in [1.165, 1.54) is 31.1 Å². The molecule has 2 fully saturated rings. The van der Waals surface area contributed by atoms with Gasteiger partial charge in [0.15, 0.2) is 0 Å². The van der Waals surface area contributed by atoms with E-state index in [1.807, 2.05) is 0 Å². The van der Waals surface area contributed by atoms with Crippen molar-refractivity contribution in [2.45, 2.75) is 45.4 Å². The Morgan fingerprint density at radius 2 is 2.00 bits per heavy atom. The molecule has 58 valence electrons. The molecule has 0 saturated heterocycles. The van der Waals surface area contributed by atoms with Gasteiger partial charge in [0.1, 0.15) is 0 Å². The molecule has 0 aromatic heterocycles. The minimum atomic E-state index is 1.12. The Hall–Kier alpha value is 0. The minimum absolute atomic E-state index is 1.12. The van der Waals surface area contributed by atoms with E-state index in [0.29, 0.717) is 0 Å². The molecule has 0 radical (unpaired) electrons. The molecule has 0 aromatic rings. The number of hydrogen-bond donors (Lipinski definition) is 0. The van der Waals surface area contributed by atoms with Crippen molar-refractivity contribution in [3.8, 4) is 0 Å². The van der Waals surface area contributed by atoms with Crippen LogP contribution in [0.5, 0.6) is 0 Å². The lowest BCUT2D eigenvalue weighted by Gasteiger charge is -2.46. The van der Waals surface area contributed by atoms with Crippen LogP contribution in [0.2, 0.25) is 0 Å². The molecule has 2 aliphatic rings. The molecule has 0 N–H and O–H groups in total. The summed E-state index contributed by atoms with van der Waals surface area (Å²) in [4.78, 5) is 0. The summed E-state index contributed by atoms with van der Waals surface area (Å²) in [7, 11) is 0. The minimum Gasteiger partial charge on any atom is -0.0651 e. The Morgan fingerprint density at radius 1 is 1.10 bits per heavy atom. The van der Waals surface area contributed by atoms with Gasteiger partial charge in [-0.25, -0.2) is 0 Å². The van der Waals surface area contributed by atoms with Gasteiger partial charge in [0.25, 0.3) is 0 Å². The normalized spacial score (nSPS) is 45.9. The van der Waals surface area contributed by atoms with E-state index < -0.39 is 0 Å². The quantitative estimate of drug-likeness (QED) is 0.522. The van der Waals surface area contributed by atoms with Crippen LogP contribution in [-0.2, 0) is 0 Å². The zero-order valence-corrected chi connectivity index (χ0v) is 6.97. The smallest absolute Gasteiger partial charge is 0.0357 e. The fourth-order valence-electron chi connectivity index (χ4n) is 2.94. The van der Waals surface area contributed by atoms with Crippen molar-refractivity contribution in [1.29, 1.82) is 0 Å². The Bertz CT molecular complexity index is 115. The molecule has 0 aliphatic heterocycles. The lowest BCUT2D eigenvalue weighted by molar-refractivity contribution is 0.0506. The van der Waals surface area contributed by atoms with Crippen molar-refractivity contribution in [2.24, 2.45) is 17.8 Å². The van der Waals surface area contributed by atoms with Gasteiger partial charge in [-0.05, 0) is 30.6 Å². The largest absolute Gasteiger partial charge is 0.0651 e. The van der Waals surface area contributed by atoms with Gasteiger partial charge >= 0.3 is 0 Å². The summed E-state index contributed by atoms with van der Waals surface area (Å²) in [6.45, 7) is 2.37. The average Bonchev–Trinajstić information content (AvgIpc) is 1.91. The molecule has 0 aromatic carbocycles. The molecule has 0 bridgehead atoms. The Balaban J connectivity index is 1.94. The van der Waals surface area contributed by atoms with Crippen molar-refractivity contribution < 1.29 is 0 Å². The molecule has 3 atom stereocenters. The first-order valence-corrected chi connectivity index (χ1v) is 4.92. The number of rotatable bonds is 1. The van der Waals surface area contributed by atoms with Gasteiger partial charge < -0.3 is 0 Å². The average molecular weight is 138 g/mol. The van der Waals surface area contributed by atoms with Gasteiger partial charge in [-0.2, -0.15) is 0 Å². The van der Waals surface area contributed by atoms with Gasteiger partial charge in [0.2, 0.25) is 0 Å². The second-order valence-electron chi connectivity index (χ2n) is 4.10. The number of hydrogen-bond acceptors (Lipinski definition) is 0. The van der Waals surface area contributed by atoms with E-state index in [2.05, 4.69) is 6.92 Å². The summed E-state index contributed by atoms with van der Waals surface area (Å²) in [5.74, 6) is 3.45. The summed E-state index contributed by atoms with van der Waals surface area (Å²) >= 11 is 0. The number of fused-ring (bicyclic) bond motifs is 1. The Kier molecular flexibility index (Phi) is 1.71. The lowest BCUT2D eigenvalue weighted by Crippen LogP contribution is -2.35. The van der Waals surface area contributed by atoms with E-state index >= 15 is 0 Å². The third-order valence-corrected chi connectivity index (χ3v) is 3.76. The maximum absolute atomic E-state index is 2.37. The summed E-state index contributed by atoms with van der Waals surface area (Å²) < 4.78 is 0. The molecule has 10 heavy (non-hydrogen) atoms. The maximum atomic E-state index is 2.37. The lowest BCUT2D eigenvalue weighted by atomic mass is 9.60. The van der Waals surface area contributed by atoms with Crippen LogP contribution in [0.1, 0.15) is 45.4 Å². The predicted octanol–water partition coefficient (Wildman–Crippen LogP) is 3.22. The monoisotopic (exact) mass is 138 g/mol. The van der Waals surface area contributed by atoms with Crippen molar-refractivity contribution in [1.82, 2.24) is 0 Å². The highest BCUT2D eigenvalue weighted by Gasteiger charge is 2.38. The molecule has 2 saturated carbocycles. The first kappa shape index (κ1) is 6.69. The Labute approximate surface area is 64.0 Å². The highest BCUT2D eigenvalue weighted by Crippen LogP contribution is 2.48. The SMILES string of the molecule is CCC1CCCC2CCC12. The van der Waals surface area contributed by atoms with Crippen LogP contribution in [0, 0.1) is 17.8 Å². The van der Waals surface area contributed by atoms with Crippen LogP contribution in [0.15, 0.2) is 0 Å². The summed E-state index contributed by atoms with van der Waals surface area (Å²) in [6.07, 6.45) is 9.18. The van der Waals surface area contributed by atoms with E-state index in [1.54, 1.807) is 19.3 Å². The van der Waals surface area contributed by atoms with Gasteiger partial charge in [0.05, 0.1) is 0 Å². The molecule has 0 heteroatoms. The highest BCUT2D eigenvalue weighted by atomic mass is 14.4. The molecule has 2 aliphatic carbocycles. The van der Waals surface area contributed by atoms with Crippen molar-refractivity contribution in [3.63, 3.8) is 0 Å². The molecule has 3 unspecified atom stereocenters. The zero-order valence-electron chi connectivity index (χ0n) is 6.97. The van der Waals surface area contributed by atoms with E-state index in [9.17, 15) is 0 Å². The first-order chi connectivity index (χ1) is 4.92. The maximum Gasteiger partial charge on any atom is -0.0357 e. The fourth-order valence-corrected chi connectivity index (χ4v) is 2.94. The standard InChI is InChI=1S/C10H18/c1-2-8-4-3-5-9-6-7-10(8)9/h8-10H,2-7H2,1H3. The molecule has 0 nitrogen and oxygen atoms in total. The summed E-state index contributed by atoms with van der Waals surface area (Å²) in [5, 5.41) is 0. The van der Waals surface area contributed by atoms with Crippen molar-refractivity contribution in [3.05, 3.63) is 0 Å². The van der Waals surface area contributed by atoms with Crippen LogP contribution in [0.25, 0.3) is 0 Å². The van der Waals surface area contributed by atoms with Gasteiger partial charge in [-0.3, -0.25) is 0 Å². The zero-order chi connectivity index (χ0) is 6.97. The molecule has 0 spiro atoms.